The van der Waals surface area contributed by atoms with Crippen LogP contribution in [0.25, 0.3) is 5.57 Å². The van der Waals surface area contributed by atoms with Crippen LogP contribution >= 0.6 is 0 Å². The molecule has 2 aromatic carbocycles. The number of carbonyl (C=O) groups excluding carboxylic acids is 1. The Balaban J connectivity index is 2.23. The van der Waals surface area contributed by atoms with Crippen LogP contribution in [-0.4, -0.2) is 27.4 Å². The minimum absolute atomic E-state index is 0.178. The van der Waals surface area contributed by atoms with Crippen LogP contribution in [0.4, 0.5) is 5.69 Å². The number of sulfonamides is 1. The lowest BCUT2D eigenvalue weighted by molar-refractivity contribution is -0.116. The van der Waals surface area contributed by atoms with Gasteiger partial charge in [-0.3, -0.25) is 9.10 Å². The van der Waals surface area contributed by atoms with Crippen LogP contribution in [-0.2, 0) is 14.8 Å². The quantitative estimate of drug-likeness (QED) is 0.805. The average molecular weight is 399 g/mol. The number of benzene rings is 2. The molecule has 1 amide bonds. The fourth-order valence-electron chi connectivity index (χ4n) is 3.41. The molecule has 6 heteroatoms. The van der Waals surface area contributed by atoms with Gasteiger partial charge in [0.05, 0.1) is 5.69 Å². The van der Waals surface area contributed by atoms with Crippen LogP contribution in [0.3, 0.4) is 0 Å². The molecule has 0 unspecified atom stereocenters. The number of anilines is 1. The highest BCUT2D eigenvalue weighted by molar-refractivity contribution is 7.97. The number of hydrogen-bond donors (Lipinski definition) is 1. The Hall–Kier alpha value is -2.60. The van der Waals surface area contributed by atoms with E-state index in [1.165, 1.54) is 4.31 Å². The lowest BCUT2D eigenvalue weighted by Gasteiger charge is -2.32. The molecule has 3 rings (SSSR count). The first-order chi connectivity index (χ1) is 13.4. The summed E-state index contributed by atoms with van der Waals surface area (Å²) in [4.78, 5) is 12.9. The van der Waals surface area contributed by atoms with E-state index in [1.54, 1.807) is 13.0 Å². The van der Waals surface area contributed by atoms with Crippen LogP contribution < -0.4 is 9.62 Å². The molecule has 0 aliphatic carbocycles. The van der Waals surface area contributed by atoms with E-state index in [1.807, 2.05) is 48.5 Å². The third-order valence-electron chi connectivity index (χ3n) is 4.78. The second kappa shape index (κ2) is 8.19. The highest BCUT2D eigenvalue weighted by Gasteiger charge is 2.40. The molecule has 1 aliphatic heterocycles. The molecule has 2 aromatic rings. The van der Waals surface area contributed by atoms with Crippen molar-refractivity contribution in [3.05, 3.63) is 70.6 Å². The monoisotopic (exact) mass is 398 g/mol. The van der Waals surface area contributed by atoms with Crippen LogP contribution in [0, 0.1) is 5.92 Å². The van der Waals surface area contributed by atoms with Gasteiger partial charge in [0.25, 0.3) is 15.9 Å². The van der Waals surface area contributed by atoms with Gasteiger partial charge in [0, 0.05) is 24.2 Å². The number of nitrogens with one attached hydrogen (secondary N) is 1. The van der Waals surface area contributed by atoms with E-state index in [9.17, 15) is 13.2 Å². The maximum absolute atomic E-state index is 13.4. The molecular formula is C22H26N2O3S. The van der Waals surface area contributed by atoms with Gasteiger partial charge in [0.15, 0.2) is 4.91 Å². The van der Waals surface area contributed by atoms with Gasteiger partial charge in [-0.15, -0.1) is 0 Å². The van der Waals surface area contributed by atoms with E-state index in [-0.39, 0.29) is 11.4 Å². The van der Waals surface area contributed by atoms with Crippen molar-refractivity contribution in [3.63, 3.8) is 0 Å². The number of para-hydroxylation sites is 1. The van der Waals surface area contributed by atoms with Crippen LogP contribution in [0.15, 0.2) is 59.5 Å². The number of amides is 1. The zero-order valence-electron chi connectivity index (χ0n) is 16.5. The summed E-state index contributed by atoms with van der Waals surface area (Å²) in [6.45, 7) is 6.59. The highest BCUT2D eigenvalue weighted by atomic mass is 32.2. The molecule has 0 bridgehead atoms. The zero-order chi connectivity index (χ0) is 20.3. The Morgan fingerprint density at radius 1 is 1.04 bits per heavy atom. The molecule has 0 saturated heterocycles. The number of rotatable bonds is 6. The summed E-state index contributed by atoms with van der Waals surface area (Å²) in [5.41, 5.74) is 2.52. The van der Waals surface area contributed by atoms with Gasteiger partial charge >= 0.3 is 0 Å². The van der Waals surface area contributed by atoms with Gasteiger partial charge in [-0.2, -0.15) is 0 Å². The first-order valence-corrected chi connectivity index (χ1v) is 11.0. The molecule has 1 N–H and O–H groups in total. The van der Waals surface area contributed by atoms with Crippen molar-refractivity contribution >= 4 is 27.2 Å². The van der Waals surface area contributed by atoms with Crippen LogP contribution in [0.1, 0.15) is 38.3 Å². The number of hydrogen-bond acceptors (Lipinski definition) is 3. The number of nitrogens with zero attached hydrogens (tertiary/aromatic N) is 1. The molecule has 0 atom stereocenters. The van der Waals surface area contributed by atoms with Crippen LogP contribution in [0.2, 0.25) is 0 Å². The van der Waals surface area contributed by atoms with Crippen molar-refractivity contribution in [1.29, 1.82) is 0 Å². The highest BCUT2D eigenvalue weighted by Crippen LogP contribution is 2.42. The van der Waals surface area contributed by atoms with Crippen molar-refractivity contribution in [2.45, 2.75) is 27.2 Å². The Bertz CT molecular complexity index is 995. The van der Waals surface area contributed by atoms with E-state index in [4.69, 9.17) is 0 Å². The third kappa shape index (κ3) is 3.69. The van der Waals surface area contributed by atoms with E-state index < -0.39 is 15.9 Å². The predicted octanol–water partition coefficient (Wildman–Crippen LogP) is 3.78. The van der Waals surface area contributed by atoms with Gasteiger partial charge in [0.1, 0.15) is 0 Å². The fraction of sp³-hybridized carbons (Fsp3) is 0.318. The molecule has 5 nitrogen and oxygen atoms in total. The summed E-state index contributed by atoms with van der Waals surface area (Å²) < 4.78 is 28.2. The molecule has 0 radical (unpaired) electrons. The van der Waals surface area contributed by atoms with Gasteiger partial charge in [0.2, 0.25) is 0 Å². The SMILES string of the molecule is CCN1c2ccccc2C(c2ccccc2)=C(C(=O)NCCC(C)C)S1(=O)=O. The van der Waals surface area contributed by atoms with Gasteiger partial charge < -0.3 is 5.32 Å². The fourth-order valence-corrected chi connectivity index (χ4v) is 5.18. The van der Waals surface area contributed by atoms with E-state index in [0.717, 1.165) is 12.0 Å². The molecule has 0 spiro atoms. The molecule has 1 heterocycles. The zero-order valence-corrected chi connectivity index (χ0v) is 17.3. The van der Waals surface area contributed by atoms with E-state index in [2.05, 4.69) is 19.2 Å². The smallest absolute Gasteiger partial charge is 0.270 e. The molecule has 0 saturated carbocycles. The standard InChI is InChI=1S/C22H26N2O3S/c1-4-24-19-13-9-8-12-18(19)20(17-10-6-5-7-11-17)21(28(24,26)27)22(25)23-15-14-16(2)3/h5-13,16H,4,14-15H2,1-3H3,(H,23,25). The molecule has 28 heavy (non-hydrogen) atoms. The molecule has 0 fully saturated rings. The van der Waals surface area contributed by atoms with Crippen molar-refractivity contribution in [1.82, 2.24) is 5.32 Å². The minimum Gasteiger partial charge on any atom is -0.351 e. The van der Waals surface area contributed by atoms with Crippen molar-refractivity contribution in [2.75, 3.05) is 17.4 Å². The summed E-state index contributed by atoms with van der Waals surface area (Å²) >= 11 is 0. The Morgan fingerprint density at radius 2 is 1.68 bits per heavy atom. The second-order valence-electron chi connectivity index (χ2n) is 7.20. The Kier molecular flexibility index (Phi) is 5.89. The lowest BCUT2D eigenvalue weighted by atomic mass is 9.95. The largest absolute Gasteiger partial charge is 0.351 e. The summed E-state index contributed by atoms with van der Waals surface area (Å²) in [5, 5.41) is 2.81. The number of carbonyl (C=O) groups is 1. The van der Waals surface area contributed by atoms with Crippen molar-refractivity contribution < 1.29 is 13.2 Å². The van der Waals surface area contributed by atoms with Gasteiger partial charge in [-0.1, -0.05) is 62.4 Å². The van der Waals surface area contributed by atoms with E-state index >= 15 is 0 Å². The summed E-state index contributed by atoms with van der Waals surface area (Å²) in [5.74, 6) is -0.133. The first-order valence-electron chi connectivity index (χ1n) is 9.58. The summed E-state index contributed by atoms with van der Waals surface area (Å²) in [6.07, 6.45) is 0.786. The third-order valence-corrected chi connectivity index (χ3v) is 6.72. The Morgan fingerprint density at radius 3 is 2.32 bits per heavy atom. The number of fused-ring (bicyclic) bond motifs is 1. The van der Waals surface area contributed by atoms with Crippen molar-refractivity contribution in [2.24, 2.45) is 5.92 Å². The molecular weight excluding hydrogens is 372 g/mol. The van der Waals surface area contributed by atoms with E-state index in [0.29, 0.717) is 29.3 Å². The lowest BCUT2D eigenvalue weighted by Crippen LogP contribution is -2.41. The molecule has 0 aromatic heterocycles. The maximum atomic E-state index is 13.4. The predicted molar refractivity (Wildman–Crippen MR) is 113 cm³/mol. The Labute approximate surface area is 167 Å². The molecule has 1 aliphatic rings. The second-order valence-corrected chi connectivity index (χ2v) is 8.99. The summed E-state index contributed by atoms with van der Waals surface area (Å²) in [7, 11) is -3.97. The maximum Gasteiger partial charge on any atom is 0.270 e. The minimum atomic E-state index is -3.97. The van der Waals surface area contributed by atoms with Crippen molar-refractivity contribution in [3.8, 4) is 0 Å². The summed E-state index contributed by atoms with van der Waals surface area (Å²) in [6, 6.07) is 16.6. The topological polar surface area (TPSA) is 66.5 Å². The normalized spacial score (nSPS) is 15.5. The first kappa shape index (κ1) is 20.1. The van der Waals surface area contributed by atoms with Gasteiger partial charge in [-0.25, -0.2) is 8.42 Å². The molecule has 148 valence electrons. The average Bonchev–Trinajstić information content (AvgIpc) is 2.66. The van der Waals surface area contributed by atoms with Gasteiger partial charge in [-0.05, 0) is 30.9 Å². The van der Waals surface area contributed by atoms with Crippen LogP contribution in [0.5, 0.6) is 0 Å².